The Bertz CT molecular complexity index is 1100. The van der Waals surface area contributed by atoms with E-state index in [-0.39, 0.29) is 17.2 Å². The Balaban J connectivity index is 1.71. The van der Waals surface area contributed by atoms with E-state index >= 15 is 0 Å². The summed E-state index contributed by atoms with van der Waals surface area (Å²) in [4.78, 5) is 29.1. The first-order chi connectivity index (χ1) is 15.2. The monoisotopic (exact) mass is 435 g/mol. The number of pyridine rings is 1. The lowest BCUT2D eigenvalue weighted by Crippen LogP contribution is -2.24. The van der Waals surface area contributed by atoms with Crippen molar-refractivity contribution in [3.63, 3.8) is 0 Å². The fraction of sp³-hybridized carbons (Fsp3) is 0.375. The van der Waals surface area contributed by atoms with Gasteiger partial charge in [-0.2, -0.15) is 0 Å². The second kappa shape index (κ2) is 9.72. The molecule has 168 valence electrons. The van der Waals surface area contributed by atoms with Gasteiger partial charge in [0.05, 0.1) is 5.56 Å². The first kappa shape index (κ1) is 23.1. The molecule has 2 aromatic heterocycles. The first-order valence-electron chi connectivity index (χ1n) is 10.6. The number of hydrogen-bond donors (Lipinski definition) is 1. The topological polar surface area (TPSA) is 99.0 Å². The minimum absolute atomic E-state index is 0.142. The van der Waals surface area contributed by atoms with Crippen molar-refractivity contribution in [2.24, 2.45) is 0 Å². The van der Waals surface area contributed by atoms with Crippen LogP contribution < -0.4 is 5.32 Å². The lowest BCUT2D eigenvalue weighted by atomic mass is 9.97. The lowest BCUT2D eigenvalue weighted by Gasteiger charge is -2.19. The van der Waals surface area contributed by atoms with E-state index in [1.54, 1.807) is 27.1 Å². The highest BCUT2D eigenvalue weighted by atomic mass is 16.6. The zero-order valence-corrected chi connectivity index (χ0v) is 19.1. The van der Waals surface area contributed by atoms with Crippen molar-refractivity contribution in [2.75, 3.05) is 5.32 Å². The van der Waals surface area contributed by atoms with Gasteiger partial charge < -0.3 is 14.6 Å². The molecule has 1 atom stereocenters. The van der Waals surface area contributed by atoms with Crippen molar-refractivity contribution in [1.82, 2.24) is 19.7 Å². The molecule has 0 aliphatic heterocycles. The van der Waals surface area contributed by atoms with E-state index in [0.717, 1.165) is 24.4 Å². The zero-order valence-electron chi connectivity index (χ0n) is 19.1. The van der Waals surface area contributed by atoms with Crippen LogP contribution in [0.5, 0.6) is 0 Å². The molecule has 32 heavy (non-hydrogen) atoms. The summed E-state index contributed by atoms with van der Waals surface area (Å²) in [6, 6.07) is 10.6. The second-order valence-electron chi connectivity index (χ2n) is 8.65. The largest absolute Gasteiger partial charge is 0.456 e. The van der Waals surface area contributed by atoms with Crippen LogP contribution in [-0.2, 0) is 17.7 Å². The highest BCUT2D eigenvalue weighted by molar-refractivity contribution is 6.04. The number of anilines is 1. The number of amides is 1. The smallest absolute Gasteiger partial charge is 0.338 e. The highest BCUT2D eigenvalue weighted by Gasteiger charge is 2.19. The van der Waals surface area contributed by atoms with Crippen LogP contribution in [0.15, 0.2) is 48.9 Å². The standard InChI is InChI=1S/C24H29N5O3/c1-6-29-15-26-28-21(29)12-16(2)17-8-7-9-19(13-17)27-22(30)20-14-18(10-11-25-20)23(31)32-24(3,4)5/h7-11,13-16H,6,12H2,1-5H3,(H,27,30)/t16-/m1/s1. The van der Waals surface area contributed by atoms with Gasteiger partial charge in [0.1, 0.15) is 23.4 Å². The quantitative estimate of drug-likeness (QED) is 0.557. The number of benzene rings is 1. The van der Waals surface area contributed by atoms with Crippen molar-refractivity contribution in [3.05, 3.63) is 71.6 Å². The van der Waals surface area contributed by atoms with Gasteiger partial charge in [0, 0.05) is 24.8 Å². The number of hydrogen-bond acceptors (Lipinski definition) is 6. The van der Waals surface area contributed by atoms with Crippen LogP contribution >= 0.6 is 0 Å². The summed E-state index contributed by atoms with van der Waals surface area (Å²) >= 11 is 0. The summed E-state index contributed by atoms with van der Waals surface area (Å²) in [6.45, 7) is 10.4. The van der Waals surface area contributed by atoms with Gasteiger partial charge in [0.2, 0.25) is 0 Å². The van der Waals surface area contributed by atoms with Crippen molar-refractivity contribution >= 4 is 17.6 Å². The molecule has 0 saturated heterocycles. The summed E-state index contributed by atoms with van der Waals surface area (Å²) < 4.78 is 7.39. The summed E-state index contributed by atoms with van der Waals surface area (Å²) in [6.07, 6.45) is 3.90. The third kappa shape index (κ3) is 6.00. The van der Waals surface area contributed by atoms with E-state index in [2.05, 4.69) is 34.3 Å². The van der Waals surface area contributed by atoms with Crippen LogP contribution in [0.1, 0.15) is 72.8 Å². The maximum atomic E-state index is 12.7. The Morgan fingerprint density at radius 1 is 1.19 bits per heavy atom. The molecule has 0 aliphatic rings. The van der Waals surface area contributed by atoms with Crippen LogP contribution in [-0.4, -0.2) is 37.2 Å². The van der Waals surface area contributed by atoms with Gasteiger partial charge in [-0.3, -0.25) is 9.78 Å². The summed E-state index contributed by atoms with van der Waals surface area (Å²) in [5, 5.41) is 11.1. The molecule has 8 heteroatoms. The van der Waals surface area contributed by atoms with Gasteiger partial charge in [-0.1, -0.05) is 19.1 Å². The minimum atomic E-state index is -0.621. The number of carbonyl (C=O) groups is 2. The number of ether oxygens (including phenoxy) is 1. The van der Waals surface area contributed by atoms with Crippen LogP contribution in [0.25, 0.3) is 0 Å². The van der Waals surface area contributed by atoms with Crippen molar-refractivity contribution < 1.29 is 14.3 Å². The van der Waals surface area contributed by atoms with Gasteiger partial charge in [0.25, 0.3) is 5.91 Å². The molecule has 1 N–H and O–H groups in total. The number of carbonyl (C=O) groups excluding carboxylic acids is 2. The number of esters is 1. The SMILES string of the molecule is CCn1cnnc1C[C@@H](C)c1cccc(NC(=O)c2cc(C(=O)OC(C)(C)C)ccn2)c1. The number of nitrogens with one attached hydrogen (secondary N) is 1. The van der Waals surface area contributed by atoms with Crippen molar-refractivity contribution in [3.8, 4) is 0 Å². The molecule has 1 aromatic carbocycles. The van der Waals surface area contributed by atoms with Gasteiger partial charge in [-0.05, 0) is 63.4 Å². The minimum Gasteiger partial charge on any atom is -0.456 e. The molecule has 0 aliphatic carbocycles. The average molecular weight is 436 g/mol. The van der Waals surface area contributed by atoms with Crippen LogP contribution in [0.4, 0.5) is 5.69 Å². The van der Waals surface area contributed by atoms with E-state index in [9.17, 15) is 9.59 Å². The molecule has 0 bridgehead atoms. The predicted octanol–water partition coefficient (Wildman–Crippen LogP) is 4.25. The Morgan fingerprint density at radius 3 is 2.69 bits per heavy atom. The van der Waals surface area contributed by atoms with E-state index in [1.807, 2.05) is 28.8 Å². The van der Waals surface area contributed by atoms with Crippen molar-refractivity contribution in [1.29, 1.82) is 0 Å². The third-order valence-corrected chi connectivity index (χ3v) is 4.87. The third-order valence-electron chi connectivity index (χ3n) is 4.87. The number of nitrogens with zero attached hydrogens (tertiary/aromatic N) is 4. The van der Waals surface area contributed by atoms with E-state index in [1.165, 1.54) is 18.3 Å². The maximum absolute atomic E-state index is 12.7. The average Bonchev–Trinajstić information content (AvgIpc) is 3.20. The van der Waals surface area contributed by atoms with E-state index < -0.39 is 17.5 Å². The zero-order chi connectivity index (χ0) is 23.3. The Hall–Kier alpha value is -3.55. The molecular weight excluding hydrogens is 406 g/mol. The Morgan fingerprint density at radius 2 is 1.97 bits per heavy atom. The molecule has 3 aromatic rings. The predicted molar refractivity (Wildman–Crippen MR) is 122 cm³/mol. The molecule has 0 radical (unpaired) electrons. The fourth-order valence-corrected chi connectivity index (χ4v) is 3.23. The molecule has 8 nitrogen and oxygen atoms in total. The molecule has 3 rings (SSSR count). The van der Waals surface area contributed by atoms with Gasteiger partial charge >= 0.3 is 5.97 Å². The molecule has 0 spiro atoms. The summed E-state index contributed by atoms with van der Waals surface area (Å²) in [5.41, 5.74) is 1.53. The van der Waals surface area contributed by atoms with Gasteiger partial charge in [-0.25, -0.2) is 4.79 Å². The lowest BCUT2D eigenvalue weighted by molar-refractivity contribution is 0.00693. The van der Waals surface area contributed by atoms with E-state index in [4.69, 9.17) is 4.74 Å². The van der Waals surface area contributed by atoms with Crippen LogP contribution in [0.2, 0.25) is 0 Å². The number of aromatic nitrogens is 4. The van der Waals surface area contributed by atoms with Crippen LogP contribution in [0, 0.1) is 0 Å². The summed E-state index contributed by atoms with van der Waals surface area (Å²) in [7, 11) is 0. The highest BCUT2D eigenvalue weighted by Crippen LogP contribution is 2.23. The molecule has 1 amide bonds. The Labute approximate surface area is 188 Å². The van der Waals surface area contributed by atoms with Gasteiger partial charge in [-0.15, -0.1) is 10.2 Å². The maximum Gasteiger partial charge on any atom is 0.338 e. The fourth-order valence-electron chi connectivity index (χ4n) is 3.23. The van der Waals surface area contributed by atoms with Crippen LogP contribution in [0.3, 0.4) is 0 Å². The van der Waals surface area contributed by atoms with Gasteiger partial charge in [0.15, 0.2) is 0 Å². The molecule has 0 saturated carbocycles. The van der Waals surface area contributed by atoms with Crippen molar-refractivity contribution in [2.45, 2.75) is 59.1 Å². The second-order valence-corrected chi connectivity index (χ2v) is 8.65. The number of rotatable bonds is 7. The molecule has 2 heterocycles. The Kier molecular flexibility index (Phi) is 7.02. The first-order valence-corrected chi connectivity index (χ1v) is 10.6. The molecule has 0 unspecified atom stereocenters. The molecule has 0 fully saturated rings. The molecular formula is C24H29N5O3. The number of aryl methyl sites for hydroxylation is 1. The normalized spacial score (nSPS) is 12.3. The summed E-state index contributed by atoms with van der Waals surface area (Å²) in [5.74, 6) is 0.225. The van der Waals surface area contributed by atoms with E-state index in [0.29, 0.717) is 5.69 Å².